The molecule has 13 heavy (non-hydrogen) atoms. The van der Waals surface area contributed by atoms with Crippen molar-refractivity contribution in [3.05, 3.63) is 35.9 Å². The molecule has 2 nitrogen and oxygen atoms in total. The molecule has 0 radical (unpaired) electrons. The number of rotatable bonds is 2. The van der Waals surface area contributed by atoms with Crippen molar-refractivity contribution in [1.29, 1.82) is 0 Å². The summed E-state index contributed by atoms with van der Waals surface area (Å²) in [6.07, 6.45) is 6.93. The van der Waals surface area contributed by atoms with E-state index in [2.05, 4.69) is 5.10 Å². The van der Waals surface area contributed by atoms with Crippen molar-refractivity contribution in [1.82, 2.24) is 9.78 Å². The Morgan fingerprint density at radius 3 is 2.69 bits per heavy atom. The molecule has 0 aliphatic carbocycles. The predicted octanol–water partition coefficient (Wildman–Crippen LogP) is 2.70. The van der Waals surface area contributed by atoms with Gasteiger partial charge < -0.3 is 0 Å². The molecular weight excluding hydrogens is 167 g/mol. The molecule has 0 aliphatic heterocycles. The highest BCUT2D eigenvalue weighted by atomic mass is 19.1. The van der Waals surface area contributed by atoms with Crippen molar-refractivity contribution >= 4 is 5.57 Å². The van der Waals surface area contributed by atoms with Gasteiger partial charge in [0.05, 0.1) is 12.0 Å². The molecule has 1 aromatic heterocycles. The summed E-state index contributed by atoms with van der Waals surface area (Å²) < 4.78 is 14.3. The lowest BCUT2D eigenvalue weighted by Crippen LogP contribution is -1.84. The zero-order valence-electron chi connectivity index (χ0n) is 8.08. The second kappa shape index (κ2) is 4.03. The van der Waals surface area contributed by atoms with E-state index in [-0.39, 0.29) is 5.83 Å². The van der Waals surface area contributed by atoms with Gasteiger partial charge in [0.25, 0.3) is 0 Å². The second-order valence-corrected chi connectivity index (χ2v) is 2.88. The molecule has 0 N–H and O–H groups in total. The fourth-order valence-corrected chi connectivity index (χ4v) is 1.12. The molecule has 1 rings (SSSR count). The van der Waals surface area contributed by atoms with E-state index < -0.39 is 0 Å². The largest absolute Gasteiger partial charge is 0.275 e. The van der Waals surface area contributed by atoms with Crippen LogP contribution in [0, 0.1) is 0 Å². The molecular formula is C10H13FN2. The third-order valence-electron chi connectivity index (χ3n) is 1.70. The summed E-state index contributed by atoms with van der Waals surface area (Å²) in [5.74, 6) is -0.197. The molecule has 0 fully saturated rings. The molecule has 0 saturated heterocycles. The molecule has 0 amide bonds. The van der Waals surface area contributed by atoms with Crippen LogP contribution in [0.1, 0.15) is 19.4 Å². The minimum Gasteiger partial charge on any atom is -0.275 e. The Labute approximate surface area is 77.4 Å². The van der Waals surface area contributed by atoms with Crippen LogP contribution in [-0.4, -0.2) is 9.78 Å². The first-order valence-electron chi connectivity index (χ1n) is 4.12. The third kappa shape index (κ3) is 2.54. The van der Waals surface area contributed by atoms with E-state index in [1.165, 1.54) is 13.0 Å². The molecule has 1 heterocycles. The Bertz CT molecular complexity index is 344. The average molecular weight is 180 g/mol. The number of aromatic nitrogens is 2. The summed E-state index contributed by atoms with van der Waals surface area (Å²) in [7, 11) is 1.84. The predicted molar refractivity (Wildman–Crippen MR) is 51.7 cm³/mol. The van der Waals surface area contributed by atoms with Crippen LogP contribution in [0.5, 0.6) is 0 Å². The topological polar surface area (TPSA) is 17.8 Å². The highest BCUT2D eigenvalue weighted by Gasteiger charge is 2.00. The van der Waals surface area contributed by atoms with E-state index in [1.807, 2.05) is 26.2 Å². The second-order valence-electron chi connectivity index (χ2n) is 2.88. The molecule has 1 aromatic rings. The van der Waals surface area contributed by atoms with E-state index in [0.717, 1.165) is 11.1 Å². The summed E-state index contributed by atoms with van der Waals surface area (Å²) in [5.41, 5.74) is 1.79. The maximum atomic E-state index is 12.6. The quantitative estimate of drug-likeness (QED) is 0.640. The van der Waals surface area contributed by atoms with Gasteiger partial charge in [0.1, 0.15) is 0 Å². The number of allylic oxidation sites excluding steroid dienone is 4. The molecule has 3 heteroatoms. The van der Waals surface area contributed by atoms with Crippen LogP contribution in [0.25, 0.3) is 5.57 Å². The van der Waals surface area contributed by atoms with E-state index in [1.54, 1.807) is 10.9 Å². The third-order valence-corrected chi connectivity index (χ3v) is 1.70. The first-order valence-corrected chi connectivity index (χ1v) is 4.12. The van der Waals surface area contributed by atoms with Gasteiger partial charge in [0.15, 0.2) is 0 Å². The van der Waals surface area contributed by atoms with Gasteiger partial charge in [-0.1, -0.05) is 6.08 Å². The van der Waals surface area contributed by atoms with Crippen molar-refractivity contribution in [2.24, 2.45) is 7.05 Å². The first kappa shape index (κ1) is 9.71. The summed E-state index contributed by atoms with van der Waals surface area (Å²) in [4.78, 5) is 0. The molecule has 0 aromatic carbocycles. The fraction of sp³-hybridized carbons (Fsp3) is 0.300. The lowest BCUT2D eigenvalue weighted by Gasteiger charge is -1.95. The minimum absolute atomic E-state index is 0.197. The van der Waals surface area contributed by atoms with E-state index in [0.29, 0.717) is 0 Å². The SMILES string of the molecule is C/C=C(\C=C(/C)F)c1cnn(C)c1. The van der Waals surface area contributed by atoms with E-state index in [4.69, 9.17) is 0 Å². The monoisotopic (exact) mass is 180 g/mol. The molecule has 70 valence electrons. The first-order chi connectivity index (χ1) is 6.13. The molecule has 0 aliphatic rings. The van der Waals surface area contributed by atoms with Gasteiger partial charge in [-0.25, -0.2) is 4.39 Å². The lowest BCUT2D eigenvalue weighted by atomic mass is 10.1. The minimum atomic E-state index is -0.197. The van der Waals surface area contributed by atoms with Crippen molar-refractivity contribution in [2.45, 2.75) is 13.8 Å². The van der Waals surface area contributed by atoms with Gasteiger partial charge in [0.2, 0.25) is 0 Å². The fourth-order valence-electron chi connectivity index (χ4n) is 1.12. The van der Waals surface area contributed by atoms with Crippen LogP contribution in [0.4, 0.5) is 4.39 Å². The highest BCUT2D eigenvalue weighted by molar-refractivity contribution is 5.73. The van der Waals surface area contributed by atoms with Crippen LogP contribution in [0.3, 0.4) is 0 Å². The van der Waals surface area contributed by atoms with Crippen LogP contribution in [0.2, 0.25) is 0 Å². The number of aryl methyl sites for hydroxylation is 1. The Balaban J connectivity index is 2.99. The lowest BCUT2D eigenvalue weighted by molar-refractivity contribution is 0.641. The molecule has 0 bridgehead atoms. The van der Waals surface area contributed by atoms with Crippen LogP contribution < -0.4 is 0 Å². The van der Waals surface area contributed by atoms with Gasteiger partial charge in [-0.15, -0.1) is 0 Å². The Morgan fingerprint density at radius 1 is 1.62 bits per heavy atom. The number of hydrogen-bond acceptors (Lipinski definition) is 1. The van der Waals surface area contributed by atoms with Crippen molar-refractivity contribution < 1.29 is 4.39 Å². The van der Waals surface area contributed by atoms with Crippen molar-refractivity contribution in [3.63, 3.8) is 0 Å². The summed E-state index contributed by atoms with van der Waals surface area (Å²) in [6.45, 7) is 3.31. The number of hydrogen-bond donors (Lipinski definition) is 0. The number of nitrogens with zero attached hydrogens (tertiary/aromatic N) is 2. The zero-order chi connectivity index (χ0) is 9.84. The normalized spacial score (nSPS) is 13.5. The zero-order valence-corrected chi connectivity index (χ0v) is 8.08. The van der Waals surface area contributed by atoms with Gasteiger partial charge in [-0.2, -0.15) is 5.10 Å². The highest BCUT2D eigenvalue weighted by Crippen LogP contribution is 2.16. The average Bonchev–Trinajstić information content (AvgIpc) is 2.47. The van der Waals surface area contributed by atoms with Crippen LogP contribution in [-0.2, 0) is 7.05 Å². The number of halogens is 1. The molecule has 0 unspecified atom stereocenters. The van der Waals surface area contributed by atoms with Gasteiger partial charge >= 0.3 is 0 Å². The maximum absolute atomic E-state index is 12.6. The molecule has 0 atom stereocenters. The Kier molecular flexibility index (Phi) is 3.01. The molecule has 0 saturated carbocycles. The van der Waals surface area contributed by atoms with E-state index in [9.17, 15) is 4.39 Å². The maximum Gasteiger partial charge on any atom is 0.0974 e. The summed E-state index contributed by atoms with van der Waals surface area (Å²) >= 11 is 0. The standard InChI is InChI=1S/C10H13FN2/c1-4-9(5-8(2)11)10-6-12-13(3)7-10/h4-7H,1-3H3/b8-5+,9-4+. The smallest absolute Gasteiger partial charge is 0.0974 e. The van der Waals surface area contributed by atoms with Gasteiger partial charge in [0, 0.05) is 18.8 Å². The van der Waals surface area contributed by atoms with E-state index >= 15 is 0 Å². The Morgan fingerprint density at radius 2 is 2.31 bits per heavy atom. The summed E-state index contributed by atoms with van der Waals surface area (Å²) in [5, 5.41) is 4.02. The van der Waals surface area contributed by atoms with Crippen LogP contribution >= 0.6 is 0 Å². The van der Waals surface area contributed by atoms with Crippen molar-refractivity contribution in [2.75, 3.05) is 0 Å². The van der Waals surface area contributed by atoms with Crippen molar-refractivity contribution in [3.8, 4) is 0 Å². The Hall–Kier alpha value is -1.38. The van der Waals surface area contributed by atoms with Gasteiger partial charge in [-0.05, 0) is 25.5 Å². The summed E-state index contributed by atoms with van der Waals surface area (Å²) in [6, 6.07) is 0. The van der Waals surface area contributed by atoms with Crippen LogP contribution in [0.15, 0.2) is 30.4 Å². The van der Waals surface area contributed by atoms with Gasteiger partial charge in [-0.3, -0.25) is 4.68 Å². The molecule has 0 spiro atoms.